The van der Waals surface area contributed by atoms with Gasteiger partial charge in [0.05, 0.1) is 18.8 Å². The fourth-order valence-electron chi connectivity index (χ4n) is 4.10. The summed E-state index contributed by atoms with van der Waals surface area (Å²) in [5.74, 6) is 0. The van der Waals surface area contributed by atoms with E-state index in [4.69, 9.17) is 14.2 Å². The Morgan fingerprint density at radius 1 is 0.963 bits per heavy atom. The summed E-state index contributed by atoms with van der Waals surface area (Å²) in [6.07, 6.45) is 13.9. The van der Waals surface area contributed by atoms with E-state index in [0.717, 1.165) is 58.0 Å². The number of hydrogen-bond acceptors (Lipinski definition) is 5. The van der Waals surface area contributed by atoms with Gasteiger partial charge in [-0.05, 0) is 38.5 Å². The quantitative estimate of drug-likeness (QED) is 0.276. The molecule has 4 atom stereocenters. The van der Waals surface area contributed by atoms with Gasteiger partial charge >= 0.3 is 0 Å². The zero-order valence-corrected chi connectivity index (χ0v) is 17.1. The molecule has 2 bridgehead atoms. The van der Waals surface area contributed by atoms with Crippen LogP contribution in [0.15, 0.2) is 0 Å². The molecule has 158 valence electrons. The zero-order valence-electron chi connectivity index (χ0n) is 17.1. The molecule has 0 saturated carbocycles. The van der Waals surface area contributed by atoms with Crippen molar-refractivity contribution < 1.29 is 19.1 Å². The lowest BCUT2D eigenvalue weighted by Crippen LogP contribution is -2.29. The van der Waals surface area contributed by atoms with Crippen LogP contribution in [-0.4, -0.2) is 42.7 Å². The molecule has 2 aliphatic heterocycles. The van der Waals surface area contributed by atoms with Crippen LogP contribution >= 0.6 is 0 Å². The van der Waals surface area contributed by atoms with E-state index in [0.29, 0.717) is 19.4 Å². The van der Waals surface area contributed by atoms with Gasteiger partial charge in [0.2, 0.25) is 6.04 Å². The lowest BCUT2D eigenvalue weighted by atomic mass is 10.0. The maximum Gasteiger partial charge on any atom is 0.213 e. The van der Waals surface area contributed by atoms with Crippen LogP contribution < -0.4 is 0 Å². The summed E-state index contributed by atoms with van der Waals surface area (Å²) in [7, 11) is 0. The van der Waals surface area contributed by atoms with E-state index in [2.05, 4.69) is 6.92 Å². The second-order valence-electron chi connectivity index (χ2n) is 8.17. The monoisotopic (exact) mass is 385 g/mol. The summed E-state index contributed by atoms with van der Waals surface area (Å²) in [6.45, 7) is 3.56. The van der Waals surface area contributed by atoms with Crippen LogP contribution in [0.2, 0.25) is 0 Å². The Balaban J connectivity index is 1.75. The minimum absolute atomic E-state index is 0.0850. The molecule has 4 unspecified atom stereocenters. The molecule has 6 nitrogen and oxygen atoms in total. The molecule has 0 amide bonds. The third kappa shape index (κ3) is 9.35. The van der Waals surface area contributed by atoms with Gasteiger partial charge in [0.1, 0.15) is 0 Å². The Morgan fingerprint density at radius 2 is 1.67 bits per heavy atom. The van der Waals surface area contributed by atoms with Crippen molar-refractivity contribution in [2.45, 2.75) is 121 Å². The highest BCUT2D eigenvalue weighted by atomic mass is 16.7. The van der Waals surface area contributed by atoms with Crippen molar-refractivity contribution >= 4 is 0 Å². The van der Waals surface area contributed by atoms with Crippen LogP contribution in [0, 0.1) is 10.1 Å². The first-order valence-electron chi connectivity index (χ1n) is 11.2. The molecule has 2 heterocycles. The molecule has 0 aromatic rings. The Hall–Kier alpha value is -0.720. The third-order valence-electron chi connectivity index (χ3n) is 5.79. The summed E-state index contributed by atoms with van der Waals surface area (Å²) in [6, 6.07) is -0.423. The minimum atomic E-state index is -0.423. The first kappa shape index (κ1) is 22.6. The van der Waals surface area contributed by atoms with Gasteiger partial charge in [0.25, 0.3) is 0 Å². The van der Waals surface area contributed by atoms with Crippen molar-refractivity contribution in [2.24, 2.45) is 0 Å². The van der Waals surface area contributed by atoms with Crippen molar-refractivity contribution in [1.29, 1.82) is 0 Å². The number of fused-ring (bicyclic) bond motifs is 4. The molecule has 0 aliphatic carbocycles. The Morgan fingerprint density at radius 3 is 2.44 bits per heavy atom. The molecule has 2 rings (SSSR count). The average molecular weight is 386 g/mol. The normalized spacial score (nSPS) is 27.8. The van der Waals surface area contributed by atoms with Gasteiger partial charge in [0, 0.05) is 24.4 Å². The summed E-state index contributed by atoms with van der Waals surface area (Å²) in [5.41, 5.74) is 0. The standard InChI is InChI=1S/C21H39NO5/c1-2-3-4-5-6-10-18(22(23)24)11-9-14-21-26-19-12-7-8-13-20(27-21)17-25-16-15-19/h18-21H,2-17H2,1H3. The number of rotatable bonds is 11. The van der Waals surface area contributed by atoms with Gasteiger partial charge in [-0.15, -0.1) is 0 Å². The second kappa shape index (κ2) is 13.5. The highest BCUT2D eigenvalue weighted by Crippen LogP contribution is 2.25. The summed E-state index contributed by atoms with van der Waals surface area (Å²) < 4.78 is 18.1. The number of nitrogens with zero attached hydrogens (tertiary/aromatic N) is 1. The molecule has 0 aromatic carbocycles. The van der Waals surface area contributed by atoms with Gasteiger partial charge in [-0.3, -0.25) is 10.1 Å². The number of ether oxygens (including phenoxy) is 3. The summed E-state index contributed by atoms with van der Waals surface area (Å²) >= 11 is 0. The van der Waals surface area contributed by atoms with Crippen LogP contribution in [0.1, 0.15) is 96.8 Å². The fourth-order valence-corrected chi connectivity index (χ4v) is 4.10. The molecule has 0 spiro atoms. The minimum Gasteiger partial charge on any atom is -0.379 e. The van der Waals surface area contributed by atoms with Crippen molar-refractivity contribution in [3.8, 4) is 0 Å². The SMILES string of the molecule is CCCCCCCC(CCCC1OC2CCCCC(COCC2)O1)[N+](=O)[O-]. The predicted molar refractivity (Wildman–Crippen MR) is 105 cm³/mol. The Bertz CT molecular complexity index is 376. The number of nitro groups is 1. The molecule has 2 aliphatic rings. The van der Waals surface area contributed by atoms with E-state index in [9.17, 15) is 10.1 Å². The molecule has 0 radical (unpaired) electrons. The van der Waals surface area contributed by atoms with Crippen molar-refractivity contribution in [3.63, 3.8) is 0 Å². The smallest absolute Gasteiger partial charge is 0.213 e. The average Bonchev–Trinajstić information content (AvgIpc) is 2.81. The Kier molecular flexibility index (Phi) is 11.2. The lowest BCUT2D eigenvalue weighted by Gasteiger charge is -2.25. The Labute approximate surface area is 164 Å². The van der Waals surface area contributed by atoms with Gasteiger partial charge < -0.3 is 14.2 Å². The summed E-state index contributed by atoms with van der Waals surface area (Å²) in [4.78, 5) is 11.3. The molecule has 6 heteroatoms. The molecule has 27 heavy (non-hydrogen) atoms. The van der Waals surface area contributed by atoms with Crippen LogP contribution in [-0.2, 0) is 14.2 Å². The third-order valence-corrected chi connectivity index (χ3v) is 5.79. The van der Waals surface area contributed by atoms with Crippen LogP contribution in [0.5, 0.6) is 0 Å². The second-order valence-corrected chi connectivity index (χ2v) is 8.17. The number of hydrogen-bond donors (Lipinski definition) is 0. The van der Waals surface area contributed by atoms with Gasteiger partial charge in [-0.2, -0.15) is 0 Å². The first-order chi connectivity index (χ1) is 13.2. The molecule has 2 saturated heterocycles. The van der Waals surface area contributed by atoms with Crippen molar-refractivity contribution in [2.75, 3.05) is 13.2 Å². The lowest BCUT2D eigenvalue weighted by molar-refractivity contribution is -0.524. The van der Waals surface area contributed by atoms with Gasteiger partial charge in [-0.25, -0.2) is 0 Å². The molecular formula is C21H39NO5. The van der Waals surface area contributed by atoms with Crippen LogP contribution in [0.25, 0.3) is 0 Å². The van der Waals surface area contributed by atoms with Gasteiger partial charge in [0.15, 0.2) is 6.29 Å². The molecule has 0 N–H and O–H groups in total. The highest BCUT2D eigenvalue weighted by molar-refractivity contribution is 4.70. The maximum atomic E-state index is 11.4. The maximum absolute atomic E-state index is 11.4. The van der Waals surface area contributed by atoms with Crippen LogP contribution in [0.3, 0.4) is 0 Å². The molecular weight excluding hydrogens is 346 g/mol. The van der Waals surface area contributed by atoms with E-state index in [1.165, 1.54) is 25.7 Å². The fraction of sp³-hybridized carbons (Fsp3) is 1.00. The number of unbranched alkanes of at least 4 members (excludes halogenated alkanes) is 4. The first-order valence-corrected chi connectivity index (χ1v) is 11.2. The van der Waals surface area contributed by atoms with Gasteiger partial charge in [-0.1, -0.05) is 45.4 Å². The van der Waals surface area contributed by atoms with E-state index in [1.807, 2.05) is 0 Å². The van der Waals surface area contributed by atoms with E-state index >= 15 is 0 Å². The van der Waals surface area contributed by atoms with Crippen molar-refractivity contribution in [1.82, 2.24) is 0 Å². The summed E-state index contributed by atoms with van der Waals surface area (Å²) in [5, 5.41) is 11.4. The van der Waals surface area contributed by atoms with E-state index < -0.39 is 6.04 Å². The van der Waals surface area contributed by atoms with Crippen molar-refractivity contribution in [3.05, 3.63) is 10.1 Å². The van der Waals surface area contributed by atoms with E-state index in [1.54, 1.807) is 0 Å². The molecule has 2 fully saturated rings. The largest absolute Gasteiger partial charge is 0.379 e. The van der Waals surface area contributed by atoms with E-state index in [-0.39, 0.29) is 23.4 Å². The topological polar surface area (TPSA) is 70.8 Å². The van der Waals surface area contributed by atoms with Crippen LogP contribution in [0.4, 0.5) is 0 Å². The zero-order chi connectivity index (χ0) is 19.3. The highest BCUT2D eigenvalue weighted by Gasteiger charge is 2.27. The molecule has 0 aromatic heterocycles. The predicted octanol–water partition coefficient (Wildman–Crippen LogP) is 5.25.